The summed E-state index contributed by atoms with van der Waals surface area (Å²) in [5.74, 6) is 2.32. The minimum Gasteiger partial charge on any atom is -0.356 e. The number of nitrogens with one attached hydrogen (secondary N) is 1. The highest BCUT2D eigenvalue weighted by Crippen LogP contribution is 2.24. The van der Waals surface area contributed by atoms with Gasteiger partial charge in [0.1, 0.15) is 0 Å². The van der Waals surface area contributed by atoms with E-state index in [1.54, 1.807) is 0 Å². The molecule has 0 unspecified atom stereocenters. The van der Waals surface area contributed by atoms with Crippen molar-refractivity contribution in [2.45, 2.75) is 59.3 Å². The number of carbonyl (C=O) groups is 1. The molecule has 0 aromatic heterocycles. The van der Waals surface area contributed by atoms with Crippen molar-refractivity contribution in [3.05, 3.63) is 0 Å². The van der Waals surface area contributed by atoms with Crippen LogP contribution in [0.1, 0.15) is 59.3 Å². The Morgan fingerprint density at radius 2 is 1.62 bits per heavy atom. The Balaban J connectivity index is 1.49. The highest BCUT2D eigenvalue weighted by Gasteiger charge is 2.24. The van der Waals surface area contributed by atoms with Gasteiger partial charge in [-0.25, -0.2) is 0 Å². The van der Waals surface area contributed by atoms with Crippen molar-refractivity contribution in [1.29, 1.82) is 0 Å². The number of piperidine rings is 2. The zero-order valence-corrected chi connectivity index (χ0v) is 16.2. The fourth-order valence-electron chi connectivity index (χ4n) is 4.17. The van der Waals surface area contributed by atoms with E-state index >= 15 is 0 Å². The Morgan fingerprint density at radius 3 is 2.21 bits per heavy atom. The molecule has 0 aromatic carbocycles. The highest BCUT2D eigenvalue weighted by molar-refractivity contribution is 5.78. The van der Waals surface area contributed by atoms with Gasteiger partial charge in [0.15, 0.2) is 0 Å². The molecule has 1 amide bonds. The lowest BCUT2D eigenvalue weighted by Crippen LogP contribution is -2.40. The lowest BCUT2D eigenvalue weighted by atomic mass is 9.87. The molecule has 140 valence electrons. The van der Waals surface area contributed by atoms with Gasteiger partial charge in [0.05, 0.1) is 0 Å². The van der Waals surface area contributed by atoms with E-state index in [0.717, 1.165) is 57.3 Å². The Hall–Kier alpha value is -0.610. The molecule has 0 radical (unpaired) electrons. The monoisotopic (exact) mass is 337 g/mol. The van der Waals surface area contributed by atoms with Crippen molar-refractivity contribution < 1.29 is 4.79 Å². The molecule has 24 heavy (non-hydrogen) atoms. The third-order valence-electron chi connectivity index (χ3n) is 6.18. The normalized spacial score (nSPS) is 22.2. The second-order valence-corrected chi connectivity index (χ2v) is 8.13. The second-order valence-electron chi connectivity index (χ2n) is 8.13. The Kier molecular flexibility index (Phi) is 8.54. The number of rotatable bonds is 8. The molecule has 0 spiro atoms. The van der Waals surface area contributed by atoms with Crippen LogP contribution in [0.25, 0.3) is 0 Å². The molecule has 0 saturated carbocycles. The molecule has 0 atom stereocenters. The maximum atomic E-state index is 12.2. The van der Waals surface area contributed by atoms with E-state index < -0.39 is 0 Å². The molecule has 2 aliphatic rings. The second kappa shape index (κ2) is 10.4. The molecule has 2 fully saturated rings. The van der Waals surface area contributed by atoms with Crippen LogP contribution in [0.4, 0.5) is 0 Å². The number of nitrogens with zero attached hydrogens (tertiary/aromatic N) is 2. The van der Waals surface area contributed by atoms with Crippen LogP contribution in [-0.2, 0) is 4.79 Å². The van der Waals surface area contributed by atoms with Gasteiger partial charge in [0, 0.05) is 12.5 Å². The van der Waals surface area contributed by atoms with Crippen LogP contribution in [0.3, 0.4) is 0 Å². The van der Waals surface area contributed by atoms with Gasteiger partial charge in [-0.1, -0.05) is 20.8 Å². The van der Waals surface area contributed by atoms with Crippen LogP contribution in [0.2, 0.25) is 0 Å². The van der Waals surface area contributed by atoms with Gasteiger partial charge >= 0.3 is 0 Å². The van der Waals surface area contributed by atoms with E-state index in [1.807, 2.05) is 0 Å². The summed E-state index contributed by atoms with van der Waals surface area (Å²) in [5, 5.41) is 3.17. The average molecular weight is 338 g/mol. The Morgan fingerprint density at radius 1 is 1.00 bits per heavy atom. The maximum Gasteiger partial charge on any atom is 0.223 e. The first-order valence-corrected chi connectivity index (χ1v) is 10.3. The highest BCUT2D eigenvalue weighted by atomic mass is 16.1. The van der Waals surface area contributed by atoms with Gasteiger partial charge in [-0.05, 0) is 89.6 Å². The Labute approximate surface area is 149 Å². The first kappa shape index (κ1) is 19.7. The SMILES string of the molecule is CCN1CCC(C(=O)NCCCCN2CCC(C(C)C)CC2)CC1. The minimum absolute atomic E-state index is 0.253. The van der Waals surface area contributed by atoms with Gasteiger partial charge < -0.3 is 15.1 Å². The minimum atomic E-state index is 0.253. The molecular weight excluding hydrogens is 298 g/mol. The van der Waals surface area contributed by atoms with Gasteiger partial charge in [0.2, 0.25) is 5.91 Å². The fourth-order valence-corrected chi connectivity index (χ4v) is 4.17. The van der Waals surface area contributed by atoms with Gasteiger partial charge in [0.25, 0.3) is 0 Å². The van der Waals surface area contributed by atoms with Crippen LogP contribution >= 0.6 is 0 Å². The summed E-state index contributed by atoms with van der Waals surface area (Å²) in [6.45, 7) is 14.8. The van der Waals surface area contributed by atoms with Crippen molar-refractivity contribution in [2.24, 2.45) is 17.8 Å². The molecule has 2 heterocycles. The summed E-state index contributed by atoms with van der Waals surface area (Å²) in [5.41, 5.74) is 0. The summed E-state index contributed by atoms with van der Waals surface area (Å²) in [6, 6.07) is 0. The number of carbonyl (C=O) groups excluding carboxylic acids is 1. The third-order valence-corrected chi connectivity index (χ3v) is 6.18. The molecular formula is C20H39N3O. The summed E-state index contributed by atoms with van der Waals surface area (Å²) in [6.07, 6.45) is 7.12. The van der Waals surface area contributed by atoms with E-state index in [9.17, 15) is 4.79 Å². The van der Waals surface area contributed by atoms with Crippen LogP contribution in [0.15, 0.2) is 0 Å². The van der Waals surface area contributed by atoms with Crippen molar-refractivity contribution >= 4 is 5.91 Å². The first-order chi connectivity index (χ1) is 11.6. The maximum absolute atomic E-state index is 12.2. The van der Waals surface area contributed by atoms with E-state index in [1.165, 1.54) is 38.9 Å². The van der Waals surface area contributed by atoms with Crippen LogP contribution in [0, 0.1) is 17.8 Å². The molecule has 4 nitrogen and oxygen atoms in total. The fraction of sp³-hybridized carbons (Fsp3) is 0.950. The summed E-state index contributed by atoms with van der Waals surface area (Å²) in [7, 11) is 0. The zero-order valence-electron chi connectivity index (χ0n) is 16.2. The summed E-state index contributed by atoms with van der Waals surface area (Å²) in [4.78, 5) is 17.3. The zero-order chi connectivity index (χ0) is 17.4. The number of hydrogen-bond donors (Lipinski definition) is 1. The predicted molar refractivity (Wildman–Crippen MR) is 101 cm³/mol. The molecule has 0 aliphatic carbocycles. The lowest BCUT2D eigenvalue weighted by Gasteiger charge is -2.33. The first-order valence-electron chi connectivity index (χ1n) is 10.3. The third kappa shape index (κ3) is 6.36. The average Bonchev–Trinajstić information content (AvgIpc) is 2.61. The number of unbranched alkanes of at least 4 members (excludes halogenated alkanes) is 1. The number of likely N-dealkylation sites (tertiary alicyclic amines) is 2. The van der Waals surface area contributed by atoms with Crippen molar-refractivity contribution in [1.82, 2.24) is 15.1 Å². The van der Waals surface area contributed by atoms with Crippen molar-refractivity contribution in [3.63, 3.8) is 0 Å². The number of amides is 1. The Bertz CT molecular complexity index is 356. The van der Waals surface area contributed by atoms with Gasteiger partial charge in [-0.3, -0.25) is 4.79 Å². The topological polar surface area (TPSA) is 35.6 Å². The van der Waals surface area contributed by atoms with E-state index in [4.69, 9.17) is 0 Å². The number of hydrogen-bond acceptors (Lipinski definition) is 3. The molecule has 4 heteroatoms. The van der Waals surface area contributed by atoms with Crippen molar-refractivity contribution in [3.8, 4) is 0 Å². The van der Waals surface area contributed by atoms with E-state index in [-0.39, 0.29) is 5.92 Å². The molecule has 2 saturated heterocycles. The molecule has 2 aliphatic heterocycles. The molecule has 1 N–H and O–H groups in total. The van der Waals surface area contributed by atoms with E-state index in [2.05, 4.69) is 35.9 Å². The van der Waals surface area contributed by atoms with Gasteiger partial charge in [-0.2, -0.15) is 0 Å². The van der Waals surface area contributed by atoms with Gasteiger partial charge in [-0.15, -0.1) is 0 Å². The van der Waals surface area contributed by atoms with Crippen LogP contribution < -0.4 is 5.32 Å². The molecule has 0 bridgehead atoms. The summed E-state index contributed by atoms with van der Waals surface area (Å²) >= 11 is 0. The lowest BCUT2D eigenvalue weighted by molar-refractivity contribution is -0.126. The largest absolute Gasteiger partial charge is 0.356 e. The smallest absolute Gasteiger partial charge is 0.223 e. The quantitative estimate of drug-likeness (QED) is 0.692. The molecule has 0 aromatic rings. The van der Waals surface area contributed by atoms with Crippen molar-refractivity contribution in [2.75, 3.05) is 45.8 Å². The summed E-state index contributed by atoms with van der Waals surface area (Å²) < 4.78 is 0. The molecule has 2 rings (SSSR count). The predicted octanol–water partition coefficient (Wildman–Crippen LogP) is 2.98. The standard InChI is InChI=1S/C20H39N3O/c1-4-22-13-9-19(10-14-22)20(24)21-11-5-6-12-23-15-7-18(8-16-23)17(2)3/h17-19H,4-16H2,1-3H3,(H,21,24). The van der Waals surface area contributed by atoms with E-state index in [0.29, 0.717) is 5.91 Å². The van der Waals surface area contributed by atoms with Crippen LogP contribution in [0.5, 0.6) is 0 Å². The van der Waals surface area contributed by atoms with Crippen LogP contribution in [-0.4, -0.2) is 61.5 Å².